The number of rotatable bonds is 5. The number of nitrogens with one attached hydrogen (secondary N) is 1. The van der Waals surface area contributed by atoms with E-state index >= 15 is 0 Å². The van der Waals surface area contributed by atoms with Gasteiger partial charge in [-0.3, -0.25) is 0 Å². The van der Waals surface area contributed by atoms with Crippen LogP contribution in [0.1, 0.15) is 39.5 Å². The van der Waals surface area contributed by atoms with E-state index in [1.54, 1.807) is 0 Å². The van der Waals surface area contributed by atoms with Crippen LogP contribution in [-0.4, -0.2) is 25.3 Å². The Bertz CT molecular complexity index is 201. The number of hydrogen-bond donors (Lipinski definition) is 1. The molecule has 0 aromatic heterocycles. The number of hydrogen-bond acceptors (Lipinski definition) is 2. The van der Waals surface area contributed by atoms with Crippen LogP contribution in [0.3, 0.4) is 0 Å². The van der Waals surface area contributed by atoms with Crippen molar-refractivity contribution in [3.63, 3.8) is 0 Å². The molecule has 0 aliphatic heterocycles. The molecule has 15 heavy (non-hydrogen) atoms. The minimum absolute atomic E-state index is 0.275. The topological polar surface area (TPSA) is 21.3 Å². The highest BCUT2D eigenvalue weighted by molar-refractivity contribution is 4.86. The van der Waals surface area contributed by atoms with Crippen LogP contribution in [0.4, 0.5) is 0 Å². The second-order valence-electron chi connectivity index (χ2n) is 4.66. The second kappa shape index (κ2) is 6.87. The average molecular weight is 209 g/mol. The number of terminal acetylenes is 1. The van der Waals surface area contributed by atoms with Gasteiger partial charge in [-0.2, -0.15) is 0 Å². The minimum Gasteiger partial charge on any atom is -0.374 e. The van der Waals surface area contributed by atoms with E-state index in [9.17, 15) is 0 Å². The standard InChI is InChI=1S/C13H23NO/c1-4-9-14-10-12(3)15-13-7-5-11(2)6-8-13/h1,11-14H,5-10H2,2-3H3. The van der Waals surface area contributed by atoms with Crippen molar-refractivity contribution in [2.24, 2.45) is 5.92 Å². The van der Waals surface area contributed by atoms with Crippen molar-refractivity contribution >= 4 is 0 Å². The normalized spacial score (nSPS) is 28.3. The van der Waals surface area contributed by atoms with Crippen molar-refractivity contribution in [2.75, 3.05) is 13.1 Å². The zero-order valence-corrected chi connectivity index (χ0v) is 9.96. The molecule has 1 rings (SSSR count). The molecule has 1 unspecified atom stereocenters. The van der Waals surface area contributed by atoms with Crippen LogP contribution in [0, 0.1) is 18.3 Å². The lowest BCUT2D eigenvalue weighted by molar-refractivity contribution is -0.0255. The van der Waals surface area contributed by atoms with Crippen molar-refractivity contribution in [2.45, 2.75) is 51.7 Å². The Morgan fingerprint density at radius 1 is 1.40 bits per heavy atom. The molecule has 86 valence electrons. The van der Waals surface area contributed by atoms with Crippen molar-refractivity contribution < 1.29 is 4.74 Å². The molecule has 1 atom stereocenters. The van der Waals surface area contributed by atoms with E-state index in [1.807, 2.05) is 0 Å². The van der Waals surface area contributed by atoms with Crippen LogP contribution in [0.5, 0.6) is 0 Å². The molecule has 0 spiro atoms. The lowest BCUT2D eigenvalue weighted by atomic mass is 9.89. The van der Waals surface area contributed by atoms with Gasteiger partial charge < -0.3 is 10.1 Å². The fraction of sp³-hybridized carbons (Fsp3) is 0.846. The van der Waals surface area contributed by atoms with Crippen molar-refractivity contribution in [1.82, 2.24) is 5.32 Å². The molecule has 0 heterocycles. The maximum Gasteiger partial charge on any atom is 0.0675 e. The first kappa shape index (κ1) is 12.5. The summed E-state index contributed by atoms with van der Waals surface area (Å²) in [7, 11) is 0. The Morgan fingerprint density at radius 2 is 2.07 bits per heavy atom. The zero-order chi connectivity index (χ0) is 11.1. The zero-order valence-electron chi connectivity index (χ0n) is 9.96. The first-order valence-corrected chi connectivity index (χ1v) is 6.02. The van der Waals surface area contributed by atoms with Gasteiger partial charge in [0.05, 0.1) is 18.8 Å². The summed E-state index contributed by atoms with van der Waals surface area (Å²) >= 11 is 0. The third kappa shape index (κ3) is 5.20. The van der Waals surface area contributed by atoms with E-state index in [0.29, 0.717) is 12.6 Å². The van der Waals surface area contributed by atoms with Gasteiger partial charge in [-0.05, 0) is 38.5 Å². The molecule has 1 aliphatic carbocycles. The van der Waals surface area contributed by atoms with Crippen LogP contribution in [0.25, 0.3) is 0 Å². The summed E-state index contributed by atoms with van der Waals surface area (Å²) in [5.74, 6) is 3.45. The maximum absolute atomic E-state index is 5.96. The highest BCUT2D eigenvalue weighted by atomic mass is 16.5. The predicted octanol–water partition coefficient (Wildman–Crippen LogP) is 2.19. The predicted molar refractivity (Wildman–Crippen MR) is 63.7 cm³/mol. The van der Waals surface area contributed by atoms with Gasteiger partial charge in [0.25, 0.3) is 0 Å². The van der Waals surface area contributed by atoms with Gasteiger partial charge in [-0.25, -0.2) is 0 Å². The molecule has 0 radical (unpaired) electrons. The first-order valence-electron chi connectivity index (χ1n) is 6.02. The summed E-state index contributed by atoms with van der Waals surface area (Å²) in [5, 5.41) is 3.17. The van der Waals surface area contributed by atoms with E-state index in [4.69, 9.17) is 11.2 Å². The summed E-state index contributed by atoms with van der Waals surface area (Å²) in [6, 6.07) is 0. The van der Waals surface area contributed by atoms with Gasteiger partial charge in [-0.15, -0.1) is 6.42 Å². The van der Waals surface area contributed by atoms with Gasteiger partial charge in [-0.1, -0.05) is 12.8 Å². The van der Waals surface area contributed by atoms with Crippen LogP contribution in [0.2, 0.25) is 0 Å². The lowest BCUT2D eigenvalue weighted by Crippen LogP contribution is -2.32. The van der Waals surface area contributed by atoms with Crippen molar-refractivity contribution in [3.8, 4) is 12.3 Å². The molecule has 1 N–H and O–H groups in total. The Hall–Kier alpha value is -0.520. The van der Waals surface area contributed by atoms with E-state index in [0.717, 1.165) is 12.5 Å². The third-order valence-electron chi connectivity index (χ3n) is 3.05. The Labute approximate surface area is 93.8 Å². The van der Waals surface area contributed by atoms with Gasteiger partial charge in [0.15, 0.2) is 0 Å². The highest BCUT2D eigenvalue weighted by Crippen LogP contribution is 2.26. The Morgan fingerprint density at radius 3 is 2.67 bits per heavy atom. The lowest BCUT2D eigenvalue weighted by Gasteiger charge is -2.28. The van der Waals surface area contributed by atoms with Gasteiger partial charge in [0.1, 0.15) is 0 Å². The smallest absolute Gasteiger partial charge is 0.0675 e. The highest BCUT2D eigenvalue weighted by Gasteiger charge is 2.20. The summed E-state index contributed by atoms with van der Waals surface area (Å²) in [4.78, 5) is 0. The fourth-order valence-electron chi connectivity index (χ4n) is 2.09. The third-order valence-corrected chi connectivity index (χ3v) is 3.05. The van der Waals surface area contributed by atoms with Crippen LogP contribution >= 0.6 is 0 Å². The van der Waals surface area contributed by atoms with Gasteiger partial charge >= 0.3 is 0 Å². The monoisotopic (exact) mass is 209 g/mol. The van der Waals surface area contributed by atoms with Crippen molar-refractivity contribution in [1.29, 1.82) is 0 Å². The first-order chi connectivity index (χ1) is 7.22. The van der Waals surface area contributed by atoms with E-state index in [2.05, 4.69) is 25.1 Å². The summed E-state index contributed by atoms with van der Waals surface area (Å²) in [5.41, 5.74) is 0. The maximum atomic E-state index is 5.96. The van der Waals surface area contributed by atoms with E-state index in [-0.39, 0.29) is 6.10 Å². The number of ether oxygens (including phenoxy) is 1. The molecular formula is C13H23NO. The molecule has 0 saturated heterocycles. The molecule has 0 amide bonds. The van der Waals surface area contributed by atoms with Crippen LogP contribution in [0.15, 0.2) is 0 Å². The molecule has 1 fully saturated rings. The quantitative estimate of drug-likeness (QED) is 0.553. The molecule has 0 aromatic carbocycles. The fourth-order valence-corrected chi connectivity index (χ4v) is 2.09. The van der Waals surface area contributed by atoms with Gasteiger partial charge in [0, 0.05) is 6.54 Å². The summed E-state index contributed by atoms with van der Waals surface area (Å²) in [6.07, 6.45) is 11.0. The Kier molecular flexibility index (Phi) is 5.75. The molecular weight excluding hydrogens is 186 g/mol. The van der Waals surface area contributed by atoms with E-state index < -0.39 is 0 Å². The van der Waals surface area contributed by atoms with Crippen molar-refractivity contribution in [3.05, 3.63) is 0 Å². The van der Waals surface area contributed by atoms with Crippen LogP contribution < -0.4 is 5.32 Å². The molecule has 1 aliphatic rings. The minimum atomic E-state index is 0.275. The molecule has 0 aromatic rings. The molecule has 2 nitrogen and oxygen atoms in total. The largest absolute Gasteiger partial charge is 0.374 e. The Balaban J connectivity index is 2.09. The molecule has 2 heteroatoms. The van der Waals surface area contributed by atoms with E-state index in [1.165, 1.54) is 25.7 Å². The molecule has 0 bridgehead atoms. The van der Waals surface area contributed by atoms with Crippen LogP contribution in [-0.2, 0) is 4.74 Å². The second-order valence-corrected chi connectivity index (χ2v) is 4.66. The summed E-state index contributed by atoms with van der Waals surface area (Å²) < 4.78 is 5.96. The molecule has 1 saturated carbocycles. The SMILES string of the molecule is C#CCNCC(C)OC1CCC(C)CC1. The summed E-state index contributed by atoms with van der Waals surface area (Å²) in [6.45, 7) is 5.93. The average Bonchev–Trinajstić information content (AvgIpc) is 2.22. The van der Waals surface area contributed by atoms with Gasteiger partial charge in [0.2, 0.25) is 0 Å².